The van der Waals surface area contributed by atoms with Gasteiger partial charge >= 0.3 is 0 Å². The van der Waals surface area contributed by atoms with Crippen LogP contribution in [0, 0.1) is 6.92 Å². The van der Waals surface area contributed by atoms with Gasteiger partial charge in [0.05, 0.1) is 12.4 Å². The summed E-state index contributed by atoms with van der Waals surface area (Å²) in [6.45, 7) is 3.92. The Hall–Kier alpha value is -1.94. The van der Waals surface area contributed by atoms with Gasteiger partial charge in [-0.1, -0.05) is 17.7 Å². The highest BCUT2D eigenvalue weighted by molar-refractivity contribution is 8.00. The molecule has 2 rings (SSSR count). The fraction of sp³-hybridized carbons (Fsp3) is 0.235. The predicted molar refractivity (Wildman–Crippen MR) is 88.1 cm³/mol. The molecule has 4 heteroatoms. The molecule has 2 aromatic rings. The molecule has 0 heterocycles. The number of carbonyl (C=O) groups is 1. The number of rotatable bonds is 5. The number of ether oxygens (including phenoxy) is 1. The Kier molecular flexibility index (Phi) is 5.28. The summed E-state index contributed by atoms with van der Waals surface area (Å²) in [7, 11) is 1.64. The summed E-state index contributed by atoms with van der Waals surface area (Å²) in [5, 5.41) is 2.76. The third-order valence-electron chi connectivity index (χ3n) is 3.06. The summed E-state index contributed by atoms with van der Waals surface area (Å²) in [5.41, 5.74) is 2.00. The zero-order chi connectivity index (χ0) is 15.2. The van der Waals surface area contributed by atoms with E-state index in [1.54, 1.807) is 7.11 Å². The lowest BCUT2D eigenvalue weighted by atomic mass is 10.2. The molecule has 1 amide bonds. The van der Waals surface area contributed by atoms with Crippen LogP contribution in [0.25, 0.3) is 0 Å². The number of nitrogens with one attached hydrogen (secondary N) is 1. The van der Waals surface area contributed by atoms with Crippen molar-refractivity contribution in [3.05, 3.63) is 54.1 Å². The monoisotopic (exact) mass is 301 g/mol. The number of hydrogen-bond acceptors (Lipinski definition) is 3. The minimum Gasteiger partial charge on any atom is -0.497 e. The van der Waals surface area contributed by atoms with Crippen LogP contribution in [0.4, 0.5) is 5.69 Å². The topological polar surface area (TPSA) is 38.3 Å². The summed E-state index contributed by atoms with van der Waals surface area (Å²) >= 11 is 1.53. The van der Waals surface area contributed by atoms with Crippen LogP contribution in [-0.4, -0.2) is 18.3 Å². The highest BCUT2D eigenvalue weighted by atomic mass is 32.2. The van der Waals surface area contributed by atoms with Crippen LogP contribution in [0.2, 0.25) is 0 Å². The van der Waals surface area contributed by atoms with Gasteiger partial charge in [0, 0.05) is 10.6 Å². The molecule has 0 bridgehead atoms. The van der Waals surface area contributed by atoms with Crippen molar-refractivity contribution in [2.24, 2.45) is 0 Å². The molecule has 0 unspecified atom stereocenters. The standard InChI is InChI=1S/C17H19NO2S/c1-12-4-6-14(7-5-12)18-17(19)13(2)21-16-10-8-15(20-3)9-11-16/h4-11,13H,1-3H3,(H,18,19)/t13-/m0/s1. The van der Waals surface area contributed by atoms with Crippen molar-refractivity contribution >= 4 is 23.4 Å². The molecule has 110 valence electrons. The molecule has 0 aliphatic rings. The fourth-order valence-corrected chi connectivity index (χ4v) is 2.66. The van der Waals surface area contributed by atoms with E-state index in [-0.39, 0.29) is 11.2 Å². The summed E-state index contributed by atoms with van der Waals surface area (Å²) in [5.74, 6) is 0.816. The molecule has 0 aromatic heterocycles. The van der Waals surface area contributed by atoms with Crippen molar-refractivity contribution in [3.8, 4) is 5.75 Å². The van der Waals surface area contributed by atoms with Crippen molar-refractivity contribution < 1.29 is 9.53 Å². The van der Waals surface area contributed by atoms with E-state index in [9.17, 15) is 4.79 Å². The average molecular weight is 301 g/mol. The van der Waals surface area contributed by atoms with Crippen LogP contribution in [0.5, 0.6) is 5.75 Å². The number of anilines is 1. The van der Waals surface area contributed by atoms with Crippen LogP contribution in [-0.2, 0) is 4.79 Å². The molecular formula is C17H19NO2S. The van der Waals surface area contributed by atoms with Crippen LogP contribution >= 0.6 is 11.8 Å². The van der Waals surface area contributed by atoms with Gasteiger partial charge in [0.2, 0.25) is 5.91 Å². The second kappa shape index (κ2) is 7.18. The van der Waals surface area contributed by atoms with Crippen LogP contribution < -0.4 is 10.1 Å². The van der Waals surface area contributed by atoms with Crippen LogP contribution in [0.1, 0.15) is 12.5 Å². The molecule has 0 saturated heterocycles. The Morgan fingerprint density at radius 1 is 1.10 bits per heavy atom. The van der Waals surface area contributed by atoms with E-state index < -0.39 is 0 Å². The zero-order valence-corrected chi connectivity index (χ0v) is 13.2. The quantitative estimate of drug-likeness (QED) is 0.844. The lowest BCUT2D eigenvalue weighted by Gasteiger charge is -2.12. The van der Waals surface area contributed by atoms with Gasteiger partial charge in [-0.2, -0.15) is 0 Å². The molecule has 3 nitrogen and oxygen atoms in total. The Labute approximate surface area is 129 Å². The van der Waals surface area contributed by atoms with Gasteiger partial charge in [0.1, 0.15) is 5.75 Å². The van der Waals surface area contributed by atoms with Crippen molar-refractivity contribution in [1.82, 2.24) is 0 Å². The van der Waals surface area contributed by atoms with Crippen molar-refractivity contribution in [3.63, 3.8) is 0 Å². The minimum absolute atomic E-state index is 0.000305. The largest absolute Gasteiger partial charge is 0.497 e. The second-order valence-electron chi connectivity index (χ2n) is 4.79. The molecule has 0 aliphatic heterocycles. The molecule has 21 heavy (non-hydrogen) atoms. The van der Waals surface area contributed by atoms with Gasteiger partial charge in [-0.05, 0) is 50.2 Å². The Bertz CT molecular complexity index is 593. The maximum atomic E-state index is 12.2. The number of benzene rings is 2. The average Bonchev–Trinajstić information content (AvgIpc) is 2.50. The first-order valence-electron chi connectivity index (χ1n) is 6.77. The first kappa shape index (κ1) is 15.4. The normalized spacial score (nSPS) is 11.8. The lowest BCUT2D eigenvalue weighted by molar-refractivity contribution is -0.115. The Balaban J connectivity index is 1.93. The van der Waals surface area contributed by atoms with Gasteiger partial charge in [-0.3, -0.25) is 4.79 Å². The van der Waals surface area contributed by atoms with E-state index in [4.69, 9.17) is 4.74 Å². The number of thioether (sulfide) groups is 1. The Morgan fingerprint density at radius 2 is 1.71 bits per heavy atom. The molecule has 0 saturated carbocycles. The van der Waals surface area contributed by atoms with E-state index in [1.807, 2.05) is 62.4 Å². The first-order valence-corrected chi connectivity index (χ1v) is 7.64. The molecule has 0 spiro atoms. The van der Waals surface area contributed by atoms with E-state index in [1.165, 1.54) is 17.3 Å². The summed E-state index contributed by atoms with van der Waals surface area (Å²) < 4.78 is 5.12. The van der Waals surface area contributed by atoms with E-state index in [0.717, 1.165) is 16.3 Å². The van der Waals surface area contributed by atoms with Crippen molar-refractivity contribution in [1.29, 1.82) is 0 Å². The van der Waals surface area contributed by atoms with Crippen LogP contribution in [0.15, 0.2) is 53.4 Å². The SMILES string of the molecule is COc1ccc(S[C@@H](C)C(=O)Nc2ccc(C)cc2)cc1. The van der Waals surface area contributed by atoms with Crippen molar-refractivity contribution in [2.75, 3.05) is 12.4 Å². The van der Waals surface area contributed by atoms with E-state index in [0.29, 0.717) is 0 Å². The third kappa shape index (κ3) is 4.53. The predicted octanol–water partition coefficient (Wildman–Crippen LogP) is 4.12. The molecule has 1 atom stereocenters. The smallest absolute Gasteiger partial charge is 0.237 e. The number of hydrogen-bond donors (Lipinski definition) is 1. The highest BCUT2D eigenvalue weighted by Gasteiger charge is 2.14. The summed E-state index contributed by atoms with van der Waals surface area (Å²) in [4.78, 5) is 13.2. The summed E-state index contributed by atoms with van der Waals surface area (Å²) in [6.07, 6.45) is 0. The molecule has 0 aliphatic carbocycles. The lowest BCUT2D eigenvalue weighted by Crippen LogP contribution is -2.22. The van der Waals surface area contributed by atoms with Gasteiger partial charge in [0.15, 0.2) is 0 Å². The van der Waals surface area contributed by atoms with Crippen LogP contribution in [0.3, 0.4) is 0 Å². The number of methoxy groups -OCH3 is 1. The Morgan fingerprint density at radius 3 is 2.29 bits per heavy atom. The molecule has 2 aromatic carbocycles. The fourth-order valence-electron chi connectivity index (χ4n) is 1.79. The molecular weight excluding hydrogens is 282 g/mol. The number of aryl methyl sites for hydroxylation is 1. The molecule has 0 fully saturated rings. The van der Waals surface area contributed by atoms with Gasteiger partial charge in [0.25, 0.3) is 0 Å². The molecule has 0 radical (unpaired) electrons. The number of carbonyl (C=O) groups excluding carboxylic acids is 1. The number of amides is 1. The van der Waals surface area contributed by atoms with E-state index in [2.05, 4.69) is 5.32 Å². The van der Waals surface area contributed by atoms with Gasteiger partial charge in [-0.25, -0.2) is 0 Å². The van der Waals surface area contributed by atoms with Gasteiger partial charge < -0.3 is 10.1 Å². The van der Waals surface area contributed by atoms with E-state index >= 15 is 0 Å². The first-order chi connectivity index (χ1) is 10.1. The summed E-state index contributed by atoms with van der Waals surface area (Å²) in [6, 6.07) is 15.5. The van der Waals surface area contributed by atoms with Gasteiger partial charge in [-0.15, -0.1) is 11.8 Å². The minimum atomic E-state index is -0.167. The van der Waals surface area contributed by atoms with Crippen molar-refractivity contribution in [2.45, 2.75) is 24.0 Å². The maximum Gasteiger partial charge on any atom is 0.237 e. The maximum absolute atomic E-state index is 12.2. The molecule has 1 N–H and O–H groups in total. The second-order valence-corrected chi connectivity index (χ2v) is 6.21. The zero-order valence-electron chi connectivity index (χ0n) is 12.4. The highest BCUT2D eigenvalue weighted by Crippen LogP contribution is 2.26. The third-order valence-corrected chi connectivity index (χ3v) is 4.17.